The molecule has 0 aliphatic rings. The Kier molecular flexibility index (Phi) is 6.55. The maximum absolute atomic E-state index is 12.1. The van der Waals surface area contributed by atoms with E-state index in [1.807, 2.05) is 31.2 Å². The van der Waals surface area contributed by atoms with Crippen molar-refractivity contribution in [1.82, 2.24) is 10.3 Å². The predicted molar refractivity (Wildman–Crippen MR) is 98.3 cm³/mol. The summed E-state index contributed by atoms with van der Waals surface area (Å²) in [5, 5.41) is 8.35. The average molecular weight is 336 g/mol. The number of nitrogens with zero attached hydrogens (tertiary/aromatic N) is 1. The minimum Gasteiger partial charge on any atom is -0.361 e. The van der Waals surface area contributed by atoms with Gasteiger partial charge in [-0.1, -0.05) is 31.0 Å². The molecule has 2 amide bonds. The van der Waals surface area contributed by atoms with Crippen molar-refractivity contribution in [2.45, 2.75) is 13.3 Å². The molecule has 2 rings (SSSR count). The van der Waals surface area contributed by atoms with Gasteiger partial charge in [0.15, 0.2) is 0 Å². The maximum Gasteiger partial charge on any atom is 0.253 e. The van der Waals surface area contributed by atoms with Crippen LogP contribution in [0.15, 0.2) is 42.6 Å². The minimum absolute atomic E-state index is 0.0771. The normalized spacial score (nSPS) is 9.76. The SMILES string of the molecule is C#CCNC(=O)c1ccc(NCC(=O)Nc2ccccc2CC)nc1. The summed E-state index contributed by atoms with van der Waals surface area (Å²) in [5.41, 5.74) is 2.30. The molecule has 6 heteroatoms. The third-order valence-corrected chi connectivity index (χ3v) is 3.48. The summed E-state index contributed by atoms with van der Waals surface area (Å²) in [6.07, 6.45) is 7.36. The van der Waals surface area contributed by atoms with Gasteiger partial charge in [-0.2, -0.15) is 0 Å². The molecular weight excluding hydrogens is 316 g/mol. The minimum atomic E-state index is -0.286. The second-order valence-corrected chi connectivity index (χ2v) is 5.23. The van der Waals surface area contributed by atoms with Crippen LogP contribution in [0.3, 0.4) is 0 Å². The van der Waals surface area contributed by atoms with Gasteiger partial charge in [-0.15, -0.1) is 6.42 Å². The van der Waals surface area contributed by atoms with Crippen molar-refractivity contribution >= 4 is 23.3 Å². The van der Waals surface area contributed by atoms with Crippen LogP contribution < -0.4 is 16.0 Å². The van der Waals surface area contributed by atoms with Gasteiger partial charge in [0.05, 0.1) is 18.7 Å². The Balaban J connectivity index is 1.87. The van der Waals surface area contributed by atoms with Crippen LogP contribution >= 0.6 is 0 Å². The Bertz CT molecular complexity index is 779. The average Bonchev–Trinajstić information content (AvgIpc) is 2.65. The van der Waals surface area contributed by atoms with Crippen molar-refractivity contribution in [2.75, 3.05) is 23.7 Å². The molecule has 0 radical (unpaired) electrons. The first-order valence-corrected chi connectivity index (χ1v) is 7.93. The van der Waals surface area contributed by atoms with Crippen molar-refractivity contribution in [3.63, 3.8) is 0 Å². The highest BCUT2D eigenvalue weighted by molar-refractivity contribution is 5.95. The number of carbonyl (C=O) groups excluding carboxylic acids is 2. The fourth-order valence-corrected chi connectivity index (χ4v) is 2.18. The number of terminal acetylenes is 1. The summed E-state index contributed by atoms with van der Waals surface area (Å²) in [4.78, 5) is 27.9. The number of carbonyl (C=O) groups is 2. The van der Waals surface area contributed by atoms with Crippen molar-refractivity contribution in [1.29, 1.82) is 0 Å². The Labute approximate surface area is 147 Å². The maximum atomic E-state index is 12.1. The zero-order valence-corrected chi connectivity index (χ0v) is 14.0. The standard InChI is InChI=1S/C19H20N4O2/c1-3-11-20-19(25)15-9-10-17(21-12-15)22-13-18(24)23-16-8-6-5-7-14(16)4-2/h1,5-10,12H,4,11,13H2,2H3,(H,20,25)(H,21,22)(H,23,24). The number of benzene rings is 1. The third-order valence-electron chi connectivity index (χ3n) is 3.48. The molecule has 3 N–H and O–H groups in total. The van der Waals surface area contributed by atoms with E-state index in [9.17, 15) is 9.59 Å². The van der Waals surface area contributed by atoms with E-state index in [2.05, 4.69) is 26.9 Å². The molecule has 25 heavy (non-hydrogen) atoms. The number of hydrogen-bond acceptors (Lipinski definition) is 4. The van der Waals surface area contributed by atoms with E-state index in [1.165, 1.54) is 6.20 Å². The van der Waals surface area contributed by atoms with Gasteiger partial charge in [-0.25, -0.2) is 4.98 Å². The molecule has 2 aromatic rings. The first-order valence-electron chi connectivity index (χ1n) is 7.93. The van der Waals surface area contributed by atoms with Gasteiger partial charge < -0.3 is 16.0 Å². The highest BCUT2D eigenvalue weighted by Crippen LogP contribution is 2.15. The monoisotopic (exact) mass is 336 g/mol. The molecule has 0 atom stereocenters. The predicted octanol–water partition coefficient (Wildman–Crippen LogP) is 2.06. The summed E-state index contributed by atoms with van der Waals surface area (Å²) < 4.78 is 0. The highest BCUT2D eigenvalue weighted by Gasteiger charge is 2.07. The second-order valence-electron chi connectivity index (χ2n) is 5.23. The lowest BCUT2D eigenvalue weighted by atomic mass is 10.1. The first kappa shape index (κ1) is 18.0. The van der Waals surface area contributed by atoms with Crippen molar-refractivity contribution < 1.29 is 9.59 Å². The summed E-state index contributed by atoms with van der Waals surface area (Å²) in [7, 11) is 0. The molecule has 0 saturated carbocycles. The molecule has 6 nitrogen and oxygen atoms in total. The Morgan fingerprint density at radius 1 is 1.20 bits per heavy atom. The Morgan fingerprint density at radius 3 is 2.68 bits per heavy atom. The number of aromatic nitrogens is 1. The number of amides is 2. The summed E-state index contributed by atoms with van der Waals surface area (Å²) in [6, 6.07) is 10.9. The van der Waals surface area contributed by atoms with Crippen LogP contribution in [-0.4, -0.2) is 29.9 Å². The van der Waals surface area contributed by atoms with Crippen molar-refractivity contribution in [3.05, 3.63) is 53.7 Å². The fourth-order valence-electron chi connectivity index (χ4n) is 2.18. The van der Waals surface area contributed by atoms with E-state index in [1.54, 1.807) is 12.1 Å². The number of pyridine rings is 1. The quantitative estimate of drug-likeness (QED) is 0.676. The smallest absolute Gasteiger partial charge is 0.253 e. The molecule has 0 aliphatic heterocycles. The van der Waals surface area contributed by atoms with Gasteiger partial charge in [0, 0.05) is 11.9 Å². The van der Waals surface area contributed by atoms with E-state index in [-0.39, 0.29) is 24.9 Å². The van der Waals surface area contributed by atoms with E-state index in [0.717, 1.165) is 17.7 Å². The lowest BCUT2D eigenvalue weighted by molar-refractivity contribution is -0.114. The van der Waals surface area contributed by atoms with E-state index in [0.29, 0.717) is 11.4 Å². The molecule has 0 spiro atoms. The molecule has 0 fully saturated rings. The molecule has 0 saturated heterocycles. The molecule has 1 heterocycles. The molecule has 1 aromatic carbocycles. The van der Waals surface area contributed by atoms with Gasteiger partial charge in [0.25, 0.3) is 5.91 Å². The van der Waals surface area contributed by atoms with Crippen LogP contribution in [0.2, 0.25) is 0 Å². The molecule has 128 valence electrons. The van der Waals surface area contributed by atoms with Crippen LogP contribution in [0.25, 0.3) is 0 Å². The summed E-state index contributed by atoms with van der Waals surface area (Å²) in [6.45, 7) is 2.28. The van der Waals surface area contributed by atoms with Gasteiger partial charge in [0.1, 0.15) is 5.82 Å². The summed E-state index contributed by atoms with van der Waals surface area (Å²) >= 11 is 0. The Morgan fingerprint density at radius 2 is 2.00 bits per heavy atom. The van der Waals surface area contributed by atoms with Crippen molar-refractivity contribution in [2.24, 2.45) is 0 Å². The van der Waals surface area contributed by atoms with Crippen LogP contribution in [0.1, 0.15) is 22.8 Å². The number of hydrogen-bond donors (Lipinski definition) is 3. The number of para-hydroxylation sites is 1. The lowest BCUT2D eigenvalue weighted by Gasteiger charge is -2.10. The lowest BCUT2D eigenvalue weighted by Crippen LogP contribution is -2.24. The number of nitrogens with one attached hydrogen (secondary N) is 3. The third kappa shape index (κ3) is 5.36. The second kappa shape index (κ2) is 9.08. The molecule has 0 bridgehead atoms. The van der Waals surface area contributed by atoms with Gasteiger partial charge >= 0.3 is 0 Å². The summed E-state index contributed by atoms with van der Waals surface area (Å²) in [5.74, 6) is 2.38. The van der Waals surface area contributed by atoms with Crippen LogP contribution in [0, 0.1) is 12.3 Å². The van der Waals surface area contributed by atoms with Gasteiger partial charge in [-0.3, -0.25) is 9.59 Å². The van der Waals surface area contributed by atoms with Crippen LogP contribution in [-0.2, 0) is 11.2 Å². The van der Waals surface area contributed by atoms with E-state index < -0.39 is 0 Å². The zero-order chi connectivity index (χ0) is 18.1. The van der Waals surface area contributed by atoms with Crippen molar-refractivity contribution in [3.8, 4) is 12.3 Å². The molecule has 1 aromatic heterocycles. The Hall–Kier alpha value is -3.33. The molecule has 0 unspecified atom stereocenters. The topological polar surface area (TPSA) is 83.1 Å². The number of anilines is 2. The van der Waals surface area contributed by atoms with Crippen LogP contribution in [0.5, 0.6) is 0 Å². The number of rotatable bonds is 7. The van der Waals surface area contributed by atoms with Gasteiger partial charge in [0.2, 0.25) is 5.91 Å². The first-order chi connectivity index (χ1) is 12.1. The van der Waals surface area contributed by atoms with E-state index in [4.69, 9.17) is 6.42 Å². The number of aryl methyl sites for hydroxylation is 1. The zero-order valence-electron chi connectivity index (χ0n) is 14.0. The van der Waals surface area contributed by atoms with Gasteiger partial charge in [-0.05, 0) is 30.2 Å². The fraction of sp³-hybridized carbons (Fsp3) is 0.211. The van der Waals surface area contributed by atoms with Crippen LogP contribution in [0.4, 0.5) is 11.5 Å². The van der Waals surface area contributed by atoms with E-state index >= 15 is 0 Å². The molecule has 0 aliphatic carbocycles. The highest BCUT2D eigenvalue weighted by atomic mass is 16.2. The largest absolute Gasteiger partial charge is 0.361 e. The molecular formula is C19H20N4O2.